The molecule has 1 atom stereocenters. The molecule has 8 heteroatoms. The van der Waals surface area contributed by atoms with Gasteiger partial charge in [-0.15, -0.1) is 0 Å². The van der Waals surface area contributed by atoms with E-state index in [1.54, 1.807) is 38.4 Å². The first-order valence-corrected chi connectivity index (χ1v) is 10.8. The number of amides is 1. The molecule has 7 nitrogen and oxygen atoms in total. The Morgan fingerprint density at radius 2 is 1.71 bits per heavy atom. The second kappa shape index (κ2) is 8.82. The Morgan fingerprint density at radius 1 is 1.03 bits per heavy atom. The number of benzene rings is 2. The molecular formula is C23H23N3O4S. The molecular weight excluding hydrogens is 414 g/mol. The monoisotopic (exact) mass is 437 g/mol. The Hall–Kier alpha value is -3.31. The van der Waals surface area contributed by atoms with Gasteiger partial charge >= 0.3 is 0 Å². The topological polar surface area (TPSA) is 75.0 Å². The van der Waals surface area contributed by atoms with Gasteiger partial charge in [-0.25, -0.2) is 0 Å². The van der Waals surface area contributed by atoms with Crippen LogP contribution in [0.2, 0.25) is 0 Å². The molecule has 0 aromatic heterocycles. The van der Waals surface area contributed by atoms with Crippen LogP contribution in [0.4, 0.5) is 5.69 Å². The normalized spacial score (nSPS) is 18.4. The second-order valence-electron chi connectivity index (χ2n) is 7.15. The summed E-state index contributed by atoms with van der Waals surface area (Å²) >= 11 is 1.51. The van der Waals surface area contributed by atoms with Gasteiger partial charge in [-0.05, 0) is 18.2 Å². The van der Waals surface area contributed by atoms with E-state index in [0.29, 0.717) is 40.4 Å². The number of hydrogen-bond acceptors (Lipinski definition) is 7. The molecule has 2 aliphatic rings. The lowest BCUT2D eigenvalue weighted by Gasteiger charge is -2.42. The molecule has 1 amide bonds. The molecule has 0 bridgehead atoms. The Kier molecular flexibility index (Phi) is 5.96. The lowest BCUT2D eigenvalue weighted by molar-refractivity contribution is -0.129. The van der Waals surface area contributed by atoms with Crippen LogP contribution < -0.4 is 19.1 Å². The van der Waals surface area contributed by atoms with Crippen molar-refractivity contribution in [2.75, 3.05) is 38.8 Å². The number of methoxy groups -OCH3 is 3. The lowest BCUT2D eigenvalue weighted by atomic mass is 9.85. The van der Waals surface area contributed by atoms with E-state index >= 15 is 0 Å². The molecule has 0 aliphatic carbocycles. The highest BCUT2D eigenvalue weighted by atomic mass is 32.2. The third-order valence-electron chi connectivity index (χ3n) is 5.53. The first-order chi connectivity index (χ1) is 15.1. The van der Waals surface area contributed by atoms with Gasteiger partial charge in [0.05, 0.1) is 50.5 Å². The zero-order valence-corrected chi connectivity index (χ0v) is 18.4. The molecule has 2 aliphatic heterocycles. The molecule has 1 saturated heterocycles. The summed E-state index contributed by atoms with van der Waals surface area (Å²) in [7, 11) is 4.67. The highest BCUT2D eigenvalue weighted by Gasteiger charge is 2.39. The predicted octanol–water partition coefficient (Wildman–Crippen LogP) is 3.93. The molecule has 0 saturated carbocycles. The number of para-hydroxylation sites is 1. The third kappa shape index (κ3) is 3.77. The summed E-state index contributed by atoms with van der Waals surface area (Å²) < 4.78 is 16.4. The summed E-state index contributed by atoms with van der Waals surface area (Å²) in [5.41, 5.74) is 2.36. The van der Waals surface area contributed by atoms with Gasteiger partial charge < -0.3 is 19.1 Å². The fourth-order valence-corrected chi connectivity index (χ4v) is 5.12. The number of carbonyl (C=O) groups is 1. The minimum atomic E-state index is -0.408. The van der Waals surface area contributed by atoms with Crippen LogP contribution in [0.1, 0.15) is 17.9 Å². The largest absolute Gasteiger partial charge is 0.496 e. The van der Waals surface area contributed by atoms with E-state index in [1.807, 2.05) is 30.3 Å². The van der Waals surface area contributed by atoms with Crippen molar-refractivity contribution >= 4 is 23.4 Å². The summed E-state index contributed by atoms with van der Waals surface area (Å²) in [5, 5.41) is 10.8. The first kappa shape index (κ1) is 20.9. The number of anilines is 1. The van der Waals surface area contributed by atoms with Crippen LogP contribution in [0.3, 0.4) is 0 Å². The van der Waals surface area contributed by atoms with Gasteiger partial charge in [-0.3, -0.25) is 9.69 Å². The fourth-order valence-electron chi connectivity index (χ4n) is 3.96. The van der Waals surface area contributed by atoms with E-state index in [0.717, 1.165) is 11.3 Å². The Morgan fingerprint density at radius 3 is 2.35 bits per heavy atom. The number of thioether (sulfide) groups is 1. The molecule has 1 fully saturated rings. The zero-order valence-electron chi connectivity index (χ0n) is 17.6. The average Bonchev–Trinajstić information content (AvgIpc) is 2.83. The van der Waals surface area contributed by atoms with Crippen LogP contribution in [0.25, 0.3) is 0 Å². The van der Waals surface area contributed by atoms with Gasteiger partial charge in [0.25, 0.3) is 0 Å². The maximum atomic E-state index is 13.2. The maximum absolute atomic E-state index is 13.2. The van der Waals surface area contributed by atoms with Gasteiger partial charge in [0.2, 0.25) is 5.91 Å². The highest BCUT2D eigenvalue weighted by Crippen LogP contribution is 2.47. The van der Waals surface area contributed by atoms with Crippen molar-refractivity contribution in [1.29, 1.82) is 5.26 Å². The van der Waals surface area contributed by atoms with Crippen LogP contribution in [0.5, 0.6) is 17.2 Å². The maximum Gasteiger partial charge on any atom is 0.229 e. The average molecular weight is 438 g/mol. The van der Waals surface area contributed by atoms with Crippen molar-refractivity contribution in [3.8, 4) is 23.3 Å². The number of rotatable bonds is 5. The van der Waals surface area contributed by atoms with Crippen molar-refractivity contribution in [2.24, 2.45) is 0 Å². The Balaban J connectivity index is 1.73. The Bertz CT molecular complexity index is 1060. The van der Waals surface area contributed by atoms with Crippen molar-refractivity contribution in [3.63, 3.8) is 0 Å². The lowest BCUT2D eigenvalue weighted by Crippen LogP contribution is -2.47. The molecule has 0 unspecified atom stereocenters. The fraction of sp³-hybridized carbons (Fsp3) is 0.304. The minimum Gasteiger partial charge on any atom is -0.496 e. The SMILES string of the molecule is COc1cc(OC)c([C@@H]2CC(=O)N3CN(c4ccccc4)CSC3=C2C#N)cc1OC. The highest BCUT2D eigenvalue weighted by molar-refractivity contribution is 8.03. The third-order valence-corrected chi connectivity index (χ3v) is 6.68. The van der Waals surface area contributed by atoms with E-state index in [1.165, 1.54) is 11.8 Å². The van der Waals surface area contributed by atoms with Crippen molar-refractivity contribution in [1.82, 2.24) is 4.90 Å². The number of hydrogen-bond donors (Lipinski definition) is 0. The van der Waals surface area contributed by atoms with Crippen LogP contribution in [-0.2, 0) is 4.79 Å². The summed E-state index contributed by atoms with van der Waals surface area (Å²) in [6, 6.07) is 15.9. The molecule has 2 aromatic carbocycles. The number of allylic oxidation sites excluding steroid dienone is 1. The van der Waals surface area contributed by atoms with E-state index in [2.05, 4.69) is 11.0 Å². The molecule has 2 heterocycles. The Labute approximate surface area is 185 Å². The molecule has 160 valence electrons. The van der Waals surface area contributed by atoms with Gasteiger partial charge in [-0.1, -0.05) is 30.0 Å². The summed E-state index contributed by atoms with van der Waals surface area (Å²) in [6.07, 6.45) is 0.182. The number of ether oxygens (including phenoxy) is 3. The van der Waals surface area contributed by atoms with E-state index < -0.39 is 5.92 Å². The van der Waals surface area contributed by atoms with Gasteiger partial charge in [0.1, 0.15) is 5.75 Å². The van der Waals surface area contributed by atoms with Crippen molar-refractivity contribution in [2.45, 2.75) is 12.3 Å². The van der Waals surface area contributed by atoms with Crippen LogP contribution >= 0.6 is 11.8 Å². The smallest absolute Gasteiger partial charge is 0.229 e. The quantitative estimate of drug-likeness (QED) is 0.701. The zero-order chi connectivity index (χ0) is 22.0. The van der Waals surface area contributed by atoms with Gasteiger partial charge in [0.15, 0.2) is 11.5 Å². The number of nitrogens with zero attached hydrogens (tertiary/aromatic N) is 3. The predicted molar refractivity (Wildman–Crippen MR) is 119 cm³/mol. The molecule has 4 rings (SSSR count). The summed E-state index contributed by atoms with van der Waals surface area (Å²) in [5.74, 6) is 1.84. The second-order valence-corrected chi connectivity index (χ2v) is 8.08. The van der Waals surface area contributed by atoms with Crippen LogP contribution in [-0.4, -0.2) is 44.7 Å². The molecule has 0 spiro atoms. The van der Waals surface area contributed by atoms with Crippen LogP contribution in [0.15, 0.2) is 53.1 Å². The van der Waals surface area contributed by atoms with E-state index in [4.69, 9.17) is 14.2 Å². The summed E-state index contributed by atoms with van der Waals surface area (Å²) in [4.78, 5) is 17.0. The molecule has 31 heavy (non-hydrogen) atoms. The first-order valence-electron chi connectivity index (χ1n) is 9.78. The van der Waals surface area contributed by atoms with Gasteiger partial charge in [-0.2, -0.15) is 5.26 Å². The summed E-state index contributed by atoms with van der Waals surface area (Å²) in [6.45, 7) is 0.423. The minimum absolute atomic E-state index is 0.0241. The number of nitriles is 1. The molecule has 0 N–H and O–H groups in total. The van der Waals surface area contributed by atoms with Crippen LogP contribution in [0, 0.1) is 11.3 Å². The number of fused-ring (bicyclic) bond motifs is 1. The van der Waals surface area contributed by atoms with E-state index in [9.17, 15) is 10.1 Å². The van der Waals surface area contributed by atoms with Crippen molar-refractivity contribution in [3.05, 3.63) is 58.6 Å². The van der Waals surface area contributed by atoms with Gasteiger partial charge in [0, 0.05) is 29.7 Å². The molecule has 0 radical (unpaired) electrons. The standard InChI is InChI=1S/C23H23N3O4S/c1-28-19-11-21(30-3)20(29-2)9-17(19)16-10-22(27)26-13-25(15-7-5-4-6-8-15)14-31-23(26)18(16)12-24/h4-9,11,16H,10,13-14H2,1-3H3/t16-/m0/s1. The molecule has 2 aromatic rings. The van der Waals surface area contributed by atoms with E-state index in [-0.39, 0.29) is 12.3 Å². The van der Waals surface area contributed by atoms with Crippen molar-refractivity contribution < 1.29 is 19.0 Å². The number of carbonyl (C=O) groups excluding carboxylic acids is 1.